The molecule has 2 atom stereocenters. The molecule has 0 unspecified atom stereocenters. The van der Waals surface area contributed by atoms with Crippen molar-refractivity contribution in [3.05, 3.63) is 66.2 Å². The van der Waals surface area contributed by atoms with Crippen LogP contribution in [0.25, 0.3) is 0 Å². The van der Waals surface area contributed by atoms with E-state index in [2.05, 4.69) is 0 Å². The molecule has 1 heterocycles. The van der Waals surface area contributed by atoms with Crippen LogP contribution in [0.15, 0.2) is 60.7 Å². The van der Waals surface area contributed by atoms with Gasteiger partial charge >= 0.3 is 5.97 Å². The molecule has 0 saturated carbocycles. The summed E-state index contributed by atoms with van der Waals surface area (Å²) in [6.07, 6.45) is 0. The number of methoxy groups -OCH3 is 1. The predicted molar refractivity (Wildman–Crippen MR) is 83.6 cm³/mol. The lowest BCUT2D eigenvalue weighted by Gasteiger charge is -2.26. The molecule has 1 aliphatic heterocycles. The molecule has 2 aromatic carbocycles. The summed E-state index contributed by atoms with van der Waals surface area (Å²) < 4.78 is 4.75. The van der Waals surface area contributed by atoms with E-state index in [4.69, 9.17) is 4.74 Å². The SMILES string of the molecule is COC(=O)[C@H]1C(=O)C(=O)N(c2ccccc2)[C@H]1c1ccccc1. The Bertz CT molecular complexity index is 742. The van der Waals surface area contributed by atoms with Gasteiger partial charge in [0.1, 0.15) is 5.92 Å². The number of nitrogens with zero attached hydrogens (tertiary/aromatic N) is 1. The van der Waals surface area contributed by atoms with Crippen LogP contribution < -0.4 is 4.90 Å². The highest BCUT2D eigenvalue weighted by Crippen LogP contribution is 2.39. The van der Waals surface area contributed by atoms with Crippen LogP contribution >= 0.6 is 0 Å². The standard InChI is InChI=1S/C18H15NO4/c1-23-18(22)14-15(12-8-4-2-5-9-12)19(17(21)16(14)20)13-10-6-3-7-11-13/h2-11,14-15H,1H3/t14-,15+/m1/s1. The minimum absolute atomic E-state index is 0.575. The summed E-state index contributed by atoms with van der Waals surface area (Å²) in [4.78, 5) is 38.4. The number of para-hydroxylation sites is 1. The Labute approximate surface area is 133 Å². The number of ketones is 1. The number of esters is 1. The fourth-order valence-corrected chi connectivity index (χ4v) is 2.89. The zero-order chi connectivity index (χ0) is 16.4. The van der Waals surface area contributed by atoms with E-state index in [1.54, 1.807) is 48.5 Å². The fraction of sp³-hybridized carbons (Fsp3) is 0.167. The normalized spacial score (nSPS) is 20.7. The zero-order valence-corrected chi connectivity index (χ0v) is 12.5. The van der Waals surface area contributed by atoms with Crippen LogP contribution in [0.1, 0.15) is 11.6 Å². The minimum atomic E-state index is -1.16. The van der Waals surface area contributed by atoms with Crippen LogP contribution in [0.2, 0.25) is 0 Å². The van der Waals surface area contributed by atoms with Gasteiger partial charge in [-0.05, 0) is 17.7 Å². The van der Waals surface area contributed by atoms with Gasteiger partial charge < -0.3 is 4.74 Å². The van der Waals surface area contributed by atoms with E-state index in [0.717, 1.165) is 0 Å². The molecule has 0 aliphatic carbocycles. The summed E-state index contributed by atoms with van der Waals surface area (Å²) in [5, 5.41) is 0. The van der Waals surface area contributed by atoms with Crippen molar-refractivity contribution in [1.82, 2.24) is 0 Å². The minimum Gasteiger partial charge on any atom is -0.468 e. The lowest BCUT2D eigenvalue weighted by molar-refractivity contribution is -0.150. The van der Waals surface area contributed by atoms with Gasteiger partial charge in [0.2, 0.25) is 5.78 Å². The van der Waals surface area contributed by atoms with E-state index in [1.165, 1.54) is 12.0 Å². The number of ether oxygens (including phenoxy) is 1. The van der Waals surface area contributed by atoms with Crippen molar-refractivity contribution in [1.29, 1.82) is 0 Å². The first-order chi connectivity index (χ1) is 11.1. The summed E-state index contributed by atoms with van der Waals surface area (Å²) >= 11 is 0. The van der Waals surface area contributed by atoms with E-state index in [1.807, 2.05) is 12.1 Å². The second-order valence-corrected chi connectivity index (χ2v) is 5.23. The van der Waals surface area contributed by atoms with Crippen LogP contribution in [0.4, 0.5) is 5.69 Å². The monoisotopic (exact) mass is 309 g/mol. The average Bonchev–Trinajstić information content (AvgIpc) is 2.87. The number of amides is 1. The molecule has 1 fully saturated rings. The Morgan fingerprint density at radius 2 is 1.52 bits per heavy atom. The van der Waals surface area contributed by atoms with E-state index in [0.29, 0.717) is 11.3 Å². The molecule has 0 radical (unpaired) electrons. The van der Waals surface area contributed by atoms with Gasteiger partial charge in [0, 0.05) is 5.69 Å². The molecule has 0 bridgehead atoms. The van der Waals surface area contributed by atoms with Crippen molar-refractivity contribution in [3.63, 3.8) is 0 Å². The highest BCUT2D eigenvalue weighted by molar-refractivity contribution is 6.47. The molecule has 5 heteroatoms. The Hall–Kier alpha value is -2.95. The fourth-order valence-electron chi connectivity index (χ4n) is 2.89. The quantitative estimate of drug-likeness (QED) is 0.495. The summed E-state index contributed by atoms with van der Waals surface area (Å²) in [7, 11) is 1.22. The van der Waals surface area contributed by atoms with Gasteiger partial charge in [-0.2, -0.15) is 0 Å². The van der Waals surface area contributed by atoms with Gasteiger partial charge in [-0.1, -0.05) is 48.5 Å². The van der Waals surface area contributed by atoms with Crippen LogP contribution in [0.5, 0.6) is 0 Å². The van der Waals surface area contributed by atoms with Crippen molar-refractivity contribution < 1.29 is 19.1 Å². The Morgan fingerprint density at radius 3 is 2.09 bits per heavy atom. The van der Waals surface area contributed by atoms with Gasteiger partial charge in [-0.15, -0.1) is 0 Å². The summed E-state index contributed by atoms with van der Waals surface area (Å²) in [5.74, 6) is -3.29. The third kappa shape index (κ3) is 2.50. The lowest BCUT2D eigenvalue weighted by atomic mass is 9.93. The molecule has 0 spiro atoms. The molecule has 1 saturated heterocycles. The molecule has 5 nitrogen and oxygen atoms in total. The number of Topliss-reactive ketones (excluding diaryl/α,β-unsaturated/α-hetero) is 1. The highest BCUT2D eigenvalue weighted by atomic mass is 16.5. The van der Waals surface area contributed by atoms with Crippen LogP contribution in [-0.4, -0.2) is 24.8 Å². The third-order valence-electron chi connectivity index (χ3n) is 3.94. The smallest absolute Gasteiger partial charge is 0.319 e. The molecule has 2 aromatic rings. The first-order valence-electron chi connectivity index (χ1n) is 7.20. The van der Waals surface area contributed by atoms with Gasteiger partial charge in [0.25, 0.3) is 5.91 Å². The molecular weight excluding hydrogens is 294 g/mol. The molecule has 116 valence electrons. The van der Waals surface area contributed by atoms with Crippen molar-refractivity contribution in [2.75, 3.05) is 12.0 Å². The number of benzene rings is 2. The van der Waals surface area contributed by atoms with Crippen molar-refractivity contribution in [2.45, 2.75) is 6.04 Å². The van der Waals surface area contributed by atoms with Crippen LogP contribution in [0, 0.1) is 5.92 Å². The van der Waals surface area contributed by atoms with Crippen LogP contribution in [0.3, 0.4) is 0 Å². The van der Waals surface area contributed by atoms with Crippen molar-refractivity contribution >= 4 is 23.3 Å². The lowest BCUT2D eigenvalue weighted by Crippen LogP contribution is -2.30. The second-order valence-electron chi connectivity index (χ2n) is 5.23. The summed E-state index contributed by atoms with van der Waals surface area (Å²) in [6, 6.07) is 17.2. The number of hydrogen-bond acceptors (Lipinski definition) is 4. The Balaban J connectivity index is 2.15. The predicted octanol–water partition coefficient (Wildman–Crippen LogP) is 2.13. The van der Waals surface area contributed by atoms with Crippen molar-refractivity contribution in [3.8, 4) is 0 Å². The number of anilines is 1. The van der Waals surface area contributed by atoms with E-state index < -0.39 is 29.6 Å². The maximum Gasteiger partial charge on any atom is 0.319 e. The molecular formula is C18H15NO4. The first kappa shape index (κ1) is 15.0. The number of hydrogen-bond donors (Lipinski definition) is 0. The third-order valence-corrected chi connectivity index (χ3v) is 3.94. The summed E-state index contributed by atoms with van der Waals surface area (Å²) in [5.41, 5.74) is 1.29. The molecule has 1 amide bonds. The maximum absolute atomic E-state index is 12.5. The van der Waals surface area contributed by atoms with E-state index in [9.17, 15) is 14.4 Å². The largest absolute Gasteiger partial charge is 0.468 e. The first-order valence-corrected chi connectivity index (χ1v) is 7.20. The maximum atomic E-state index is 12.5. The van der Waals surface area contributed by atoms with Gasteiger partial charge in [-0.25, -0.2) is 0 Å². The van der Waals surface area contributed by atoms with Gasteiger partial charge in [-0.3, -0.25) is 19.3 Å². The molecule has 0 N–H and O–H groups in total. The highest BCUT2D eigenvalue weighted by Gasteiger charge is 2.52. The van der Waals surface area contributed by atoms with Crippen LogP contribution in [-0.2, 0) is 19.1 Å². The molecule has 3 rings (SSSR count). The van der Waals surface area contributed by atoms with E-state index in [-0.39, 0.29) is 0 Å². The van der Waals surface area contributed by atoms with Gasteiger partial charge in [0.15, 0.2) is 0 Å². The molecule has 0 aromatic heterocycles. The molecule has 23 heavy (non-hydrogen) atoms. The number of carbonyl (C=O) groups is 3. The Kier molecular flexibility index (Phi) is 3.93. The van der Waals surface area contributed by atoms with E-state index >= 15 is 0 Å². The van der Waals surface area contributed by atoms with Crippen molar-refractivity contribution in [2.24, 2.45) is 5.92 Å². The zero-order valence-electron chi connectivity index (χ0n) is 12.5. The Morgan fingerprint density at radius 1 is 0.957 bits per heavy atom. The second kappa shape index (κ2) is 6.04. The summed E-state index contributed by atoms with van der Waals surface area (Å²) in [6.45, 7) is 0. The topological polar surface area (TPSA) is 63.7 Å². The number of rotatable bonds is 3. The molecule has 1 aliphatic rings. The number of carbonyl (C=O) groups excluding carboxylic acids is 3. The average molecular weight is 309 g/mol. The van der Waals surface area contributed by atoms with Gasteiger partial charge in [0.05, 0.1) is 13.2 Å².